The fraction of sp³-hybridized carbons (Fsp3) is 0.438. The molecule has 6 nitrogen and oxygen atoms in total. The molecule has 0 aliphatic heterocycles. The van der Waals surface area contributed by atoms with Gasteiger partial charge in [0.05, 0.1) is 17.2 Å². The van der Waals surface area contributed by atoms with Gasteiger partial charge in [0.25, 0.3) is 5.56 Å². The molecule has 0 fully saturated rings. The van der Waals surface area contributed by atoms with Crippen molar-refractivity contribution in [2.24, 2.45) is 11.1 Å². The summed E-state index contributed by atoms with van der Waals surface area (Å²) in [4.78, 5) is 30.7. The van der Waals surface area contributed by atoms with E-state index in [1.807, 2.05) is 19.9 Å². The minimum Gasteiger partial charge on any atom is -0.344 e. The molecule has 1 aromatic carbocycles. The van der Waals surface area contributed by atoms with Gasteiger partial charge in [-0.05, 0) is 30.2 Å². The largest absolute Gasteiger partial charge is 0.344 e. The molecule has 0 bridgehead atoms. The lowest BCUT2D eigenvalue weighted by molar-refractivity contribution is -0.131. The molecule has 0 aliphatic carbocycles. The first-order valence-electron chi connectivity index (χ1n) is 7.32. The lowest BCUT2D eigenvalue weighted by atomic mass is 9.93. The summed E-state index contributed by atoms with van der Waals surface area (Å²) in [6, 6.07) is 5.31. The molecule has 7 heteroatoms. The Bertz CT molecular complexity index is 785. The summed E-state index contributed by atoms with van der Waals surface area (Å²) in [5, 5.41) is 0.486. The fourth-order valence-electron chi connectivity index (χ4n) is 2.31. The molecule has 2 N–H and O–H groups in total. The van der Waals surface area contributed by atoms with Gasteiger partial charge in [-0.25, -0.2) is 4.98 Å². The molecule has 23 heavy (non-hydrogen) atoms. The van der Waals surface area contributed by atoms with Crippen LogP contribution >= 0.6 is 15.9 Å². The zero-order valence-electron chi connectivity index (χ0n) is 13.5. The summed E-state index contributed by atoms with van der Waals surface area (Å²) in [5.74, 6) is -0.148. The van der Waals surface area contributed by atoms with Crippen molar-refractivity contribution >= 4 is 32.7 Å². The first kappa shape index (κ1) is 17.6. The van der Waals surface area contributed by atoms with E-state index >= 15 is 0 Å². The molecule has 0 unspecified atom stereocenters. The highest BCUT2D eigenvalue weighted by Gasteiger charge is 2.21. The molecule has 1 aromatic heterocycles. The van der Waals surface area contributed by atoms with E-state index in [-0.39, 0.29) is 23.4 Å². The van der Waals surface area contributed by atoms with Gasteiger partial charge in [-0.15, -0.1) is 0 Å². The van der Waals surface area contributed by atoms with E-state index in [9.17, 15) is 9.59 Å². The highest BCUT2D eigenvalue weighted by Crippen LogP contribution is 2.15. The minimum atomic E-state index is -0.226. The normalized spacial score (nSPS) is 11.7. The monoisotopic (exact) mass is 380 g/mol. The van der Waals surface area contributed by atoms with Gasteiger partial charge >= 0.3 is 0 Å². The first-order chi connectivity index (χ1) is 10.7. The number of nitrogens with zero attached hydrogens (tertiary/aromatic N) is 3. The number of hydrogen-bond acceptors (Lipinski definition) is 4. The van der Waals surface area contributed by atoms with Gasteiger partial charge in [0.15, 0.2) is 0 Å². The Labute approximate surface area is 143 Å². The molecule has 124 valence electrons. The molecule has 0 radical (unpaired) electrons. The number of fused-ring (bicyclic) bond motifs is 1. The Kier molecular flexibility index (Phi) is 5.21. The molecule has 0 spiro atoms. The molecular formula is C16H21BrN4O2. The summed E-state index contributed by atoms with van der Waals surface area (Å²) in [6.45, 7) is 4.97. The van der Waals surface area contributed by atoms with Crippen molar-refractivity contribution in [1.29, 1.82) is 0 Å². The van der Waals surface area contributed by atoms with E-state index in [2.05, 4.69) is 20.9 Å². The van der Waals surface area contributed by atoms with Gasteiger partial charge in [0, 0.05) is 18.1 Å². The minimum absolute atomic E-state index is 0.0363. The van der Waals surface area contributed by atoms with Crippen LogP contribution in [0.4, 0.5) is 0 Å². The van der Waals surface area contributed by atoms with Gasteiger partial charge in [-0.3, -0.25) is 14.2 Å². The van der Waals surface area contributed by atoms with Gasteiger partial charge in [-0.1, -0.05) is 29.8 Å². The van der Waals surface area contributed by atoms with Crippen LogP contribution in [0.1, 0.15) is 13.8 Å². The molecular weight excluding hydrogens is 360 g/mol. The first-order valence-corrected chi connectivity index (χ1v) is 8.11. The lowest BCUT2D eigenvalue weighted by Gasteiger charge is -2.29. The third-order valence-electron chi connectivity index (χ3n) is 3.74. The van der Waals surface area contributed by atoms with Crippen molar-refractivity contribution in [3.8, 4) is 0 Å². The number of hydrogen-bond donors (Lipinski definition) is 1. The van der Waals surface area contributed by atoms with Crippen molar-refractivity contribution in [3.05, 3.63) is 39.4 Å². The SMILES string of the molecule is CN(CC(C)(C)CN)C(=O)Cn1cnc2ccc(Br)cc2c1=O. The van der Waals surface area contributed by atoms with Crippen LogP contribution in [0.5, 0.6) is 0 Å². The number of nitrogens with two attached hydrogens (primary N) is 1. The van der Waals surface area contributed by atoms with E-state index in [0.717, 1.165) is 4.47 Å². The number of rotatable bonds is 5. The molecule has 0 atom stereocenters. The van der Waals surface area contributed by atoms with Crippen LogP contribution in [0.15, 0.2) is 33.8 Å². The number of carbonyl (C=O) groups is 1. The number of benzene rings is 1. The van der Waals surface area contributed by atoms with Gasteiger partial charge in [0.1, 0.15) is 6.54 Å². The van der Waals surface area contributed by atoms with E-state index in [4.69, 9.17) is 5.73 Å². The van der Waals surface area contributed by atoms with Crippen LogP contribution in [0.2, 0.25) is 0 Å². The maximum Gasteiger partial charge on any atom is 0.261 e. The maximum absolute atomic E-state index is 12.5. The van der Waals surface area contributed by atoms with E-state index < -0.39 is 0 Å². The quantitative estimate of drug-likeness (QED) is 0.853. The smallest absolute Gasteiger partial charge is 0.261 e. The van der Waals surface area contributed by atoms with Crippen molar-refractivity contribution in [3.63, 3.8) is 0 Å². The van der Waals surface area contributed by atoms with Crippen LogP contribution in [-0.4, -0.2) is 40.5 Å². The van der Waals surface area contributed by atoms with Crippen LogP contribution in [-0.2, 0) is 11.3 Å². The van der Waals surface area contributed by atoms with Gasteiger partial charge < -0.3 is 10.6 Å². The summed E-state index contributed by atoms with van der Waals surface area (Å²) < 4.78 is 2.14. The highest BCUT2D eigenvalue weighted by atomic mass is 79.9. The lowest BCUT2D eigenvalue weighted by Crippen LogP contribution is -2.42. The third-order valence-corrected chi connectivity index (χ3v) is 4.23. The average molecular weight is 381 g/mol. The van der Waals surface area contributed by atoms with Crippen molar-refractivity contribution in [1.82, 2.24) is 14.5 Å². The van der Waals surface area contributed by atoms with E-state index in [0.29, 0.717) is 24.0 Å². The highest BCUT2D eigenvalue weighted by molar-refractivity contribution is 9.10. The molecule has 2 rings (SSSR count). The third kappa shape index (κ3) is 4.17. The number of likely N-dealkylation sites (N-methyl/N-ethyl adjacent to an activating group) is 1. The Morgan fingerprint density at radius 1 is 1.43 bits per heavy atom. The number of amides is 1. The zero-order chi connectivity index (χ0) is 17.2. The van der Waals surface area contributed by atoms with Gasteiger partial charge in [-0.2, -0.15) is 0 Å². The molecule has 1 heterocycles. The molecule has 0 aliphatic rings. The Morgan fingerprint density at radius 3 is 2.78 bits per heavy atom. The van der Waals surface area contributed by atoms with Gasteiger partial charge in [0.2, 0.25) is 5.91 Å². The second kappa shape index (κ2) is 6.80. The van der Waals surface area contributed by atoms with Crippen LogP contribution in [0, 0.1) is 5.41 Å². The summed E-state index contributed by atoms with van der Waals surface area (Å²) >= 11 is 3.34. The van der Waals surface area contributed by atoms with Crippen LogP contribution in [0.25, 0.3) is 10.9 Å². The molecule has 0 saturated carbocycles. The van der Waals surface area contributed by atoms with Crippen LogP contribution < -0.4 is 11.3 Å². The molecule has 0 saturated heterocycles. The Hall–Kier alpha value is -1.73. The standard InChI is InChI=1S/C16H21BrN4O2/c1-16(2,8-18)9-20(3)14(22)7-21-10-19-13-5-4-11(17)6-12(13)15(21)23/h4-6,10H,7-9,18H2,1-3H3. The number of carbonyl (C=O) groups excluding carboxylic acids is 1. The topological polar surface area (TPSA) is 81.2 Å². The maximum atomic E-state index is 12.5. The Morgan fingerprint density at radius 2 is 2.13 bits per heavy atom. The summed E-state index contributed by atoms with van der Waals surface area (Å²) in [6.07, 6.45) is 1.42. The van der Waals surface area contributed by atoms with E-state index in [1.54, 1.807) is 24.1 Å². The van der Waals surface area contributed by atoms with Crippen LogP contribution in [0.3, 0.4) is 0 Å². The van der Waals surface area contributed by atoms with E-state index in [1.165, 1.54) is 10.9 Å². The number of aromatic nitrogens is 2. The number of halogens is 1. The molecule has 2 aromatic rings. The second-order valence-corrected chi connectivity index (χ2v) is 7.37. The van der Waals surface area contributed by atoms with Crippen molar-refractivity contribution in [2.45, 2.75) is 20.4 Å². The molecule has 1 amide bonds. The fourth-order valence-corrected chi connectivity index (χ4v) is 2.67. The predicted octanol–water partition coefficient (Wildman–Crippen LogP) is 1.60. The Balaban J connectivity index is 2.23. The average Bonchev–Trinajstić information content (AvgIpc) is 2.50. The summed E-state index contributed by atoms with van der Waals surface area (Å²) in [7, 11) is 1.72. The summed E-state index contributed by atoms with van der Waals surface area (Å²) in [5.41, 5.74) is 5.92. The zero-order valence-corrected chi connectivity index (χ0v) is 15.1. The van der Waals surface area contributed by atoms with Crippen molar-refractivity contribution < 1.29 is 4.79 Å². The predicted molar refractivity (Wildman–Crippen MR) is 94.2 cm³/mol. The van der Waals surface area contributed by atoms with Crippen molar-refractivity contribution in [2.75, 3.05) is 20.1 Å². The second-order valence-electron chi connectivity index (χ2n) is 6.46.